The summed E-state index contributed by atoms with van der Waals surface area (Å²) in [4.78, 5) is 2.53. The Morgan fingerprint density at radius 1 is 1.19 bits per heavy atom. The van der Waals surface area contributed by atoms with Gasteiger partial charge in [-0.15, -0.1) is 0 Å². The van der Waals surface area contributed by atoms with Crippen LogP contribution in [-0.4, -0.2) is 23.8 Å². The summed E-state index contributed by atoms with van der Waals surface area (Å²) in [6, 6.07) is 10.8. The Kier molecular flexibility index (Phi) is 5.40. The number of nitrogens with one attached hydrogen (secondary N) is 1. The number of nitrogens with two attached hydrogens (primary N) is 1. The molecule has 1 aliphatic rings. The van der Waals surface area contributed by atoms with E-state index in [-0.39, 0.29) is 11.9 Å². The third-order valence-corrected chi connectivity index (χ3v) is 5.40. The molecule has 1 aliphatic heterocycles. The van der Waals surface area contributed by atoms with Crippen molar-refractivity contribution in [2.45, 2.75) is 52.0 Å². The summed E-state index contributed by atoms with van der Waals surface area (Å²) in [6.07, 6.45) is 5.72. The molecule has 1 saturated heterocycles. The minimum atomic E-state index is 0.260. The monoisotopic (exact) mass is 287 g/mol. The summed E-state index contributed by atoms with van der Waals surface area (Å²) in [7, 11) is 0. The minimum absolute atomic E-state index is 0.260. The van der Waals surface area contributed by atoms with E-state index in [1.807, 2.05) is 6.07 Å². The van der Waals surface area contributed by atoms with Crippen LogP contribution in [0.15, 0.2) is 30.3 Å². The van der Waals surface area contributed by atoms with Gasteiger partial charge in [-0.3, -0.25) is 10.3 Å². The standard InChI is InChI=1S/C18H29N3/c1-3-18(4-2)10-12-21(13-11-18)16(14-17(19)20)15-8-6-5-7-9-15/h5-9,16H,3-4,10-14H2,1-2H3,(H3,19,20). The highest BCUT2D eigenvalue weighted by molar-refractivity contribution is 5.77. The van der Waals surface area contributed by atoms with Crippen LogP contribution in [0.1, 0.15) is 57.6 Å². The molecule has 3 heteroatoms. The molecule has 0 saturated carbocycles. The molecule has 2 rings (SSSR count). The first-order valence-corrected chi connectivity index (χ1v) is 8.22. The van der Waals surface area contributed by atoms with Crippen molar-refractivity contribution in [2.24, 2.45) is 11.1 Å². The van der Waals surface area contributed by atoms with Gasteiger partial charge in [-0.2, -0.15) is 0 Å². The van der Waals surface area contributed by atoms with Gasteiger partial charge >= 0.3 is 0 Å². The van der Waals surface area contributed by atoms with Crippen molar-refractivity contribution in [1.82, 2.24) is 4.90 Å². The first kappa shape index (κ1) is 16.0. The van der Waals surface area contributed by atoms with E-state index >= 15 is 0 Å². The van der Waals surface area contributed by atoms with E-state index in [9.17, 15) is 0 Å². The summed E-state index contributed by atoms with van der Waals surface area (Å²) >= 11 is 0. The summed E-state index contributed by atoms with van der Waals surface area (Å²) in [6.45, 7) is 6.88. The molecule has 0 bridgehead atoms. The number of hydrogen-bond acceptors (Lipinski definition) is 2. The third-order valence-electron chi connectivity index (χ3n) is 5.40. The van der Waals surface area contributed by atoms with Crippen molar-refractivity contribution in [1.29, 1.82) is 5.41 Å². The molecule has 0 amide bonds. The highest BCUT2D eigenvalue weighted by Crippen LogP contribution is 2.40. The normalized spacial score (nSPS) is 20.1. The average Bonchev–Trinajstić information content (AvgIpc) is 2.53. The SMILES string of the molecule is CCC1(CC)CCN(C(CC(=N)N)c2ccccc2)CC1. The van der Waals surface area contributed by atoms with Crippen LogP contribution in [-0.2, 0) is 0 Å². The van der Waals surface area contributed by atoms with E-state index in [4.69, 9.17) is 11.1 Å². The van der Waals surface area contributed by atoms with Crippen molar-refractivity contribution < 1.29 is 0 Å². The number of likely N-dealkylation sites (tertiary alicyclic amines) is 1. The fourth-order valence-electron chi connectivity index (χ4n) is 3.61. The quantitative estimate of drug-likeness (QED) is 0.614. The molecule has 0 aliphatic carbocycles. The van der Waals surface area contributed by atoms with Crippen LogP contribution in [0.3, 0.4) is 0 Å². The van der Waals surface area contributed by atoms with Gasteiger partial charge in [0.05, 0.1) is 5.84 Å². The topological polar surface area (TPSA) is 53.1 Å². The van der Waals surface area contributed by atoms with Gasteiger partial charge in [-0.25, -0.2) is 0 Å². The molecule has 1 atom stereocenters. The van der Waals surface area contributed by atoms with E-state index in [2.05, 4.69) is 43.0 Å². The molecule has 1 fully saturated rings. The van der Waals surface area contributed by atoms with Gasteiger partial charge in [0, 0.05) is 12.5 Å². The van der Waals surface area contributed by atoms with Crippen LogP contribution >= 0.6 is 0 Å². The van der Waals surface area contributed by atoms with E-state index < -0.39 is 0 Å². The maximum absolute atomic E-state index is 7.69. The number of piperidine rings is 1. The zero-order valence-electron chi connectivity index (χ0n) is 13.4. The summed E-state index contributed by atoms with van der Waals surface area (Å²) in [5.74, 6) is 0.284. The Morgan fingerprint density at radius 2 is 1.76 bits per heavy atom. The Hall–Kier alpha value is -1.35. The van der Waals surface area contributed by atoms with Crippen LogP contribution in [0, 0.1) is 10.8 Å². The van der Waals surface area contributed by atoms with Crippen molar-refractivity contribution in [2.75, 3.05) is 13.1 Å². The largest absolute Gasteiger partial charge is 0.388 e. The highest BCUT2D eigenvalue weighted by atomic mass is 15.2. The lowest BCUT2D eigenvalue weighted by molar-refractivity contribution is 0.0674. The van der Waals surface area contributed by atoms with Gasteiger partial charge in [-0.05, 0) is 36.9 Å². The third kappa shape index (κ3) is 3.85. The second-order valence-corrected chi connectivity index (χ2v) is 6.40. The molecule has 1 aromatic carbocycles. The minimum Gasteiger partial charge on any atom is -0.388 e. The van der Waals surface area contributed by atoms with Gasteiger partial charge in [-0.1, -0.05) is 57.0 Å². The molecular formula is C18H29N3. The molecule has 1 aromatic rings. The first-order chi connectivity index (χ1) is 10.1. The van der Waals surface area contributed by atoms with Crippen LogP contribution in [0.4, 0.5) is 0 Å². The Bertz CT molecular complexity index is 441. The predicted molar refractivity (Wildman–Crippen MR) is 89.5 cm³/mol. The van der Waals surface area contributed by atoms with Crippen LogP contribution < -0.4 is 5.73 Å². The molecule has 116 valence electrons. The van der Waals surface area contributed by atoms with Crippen LogP contribution in [0.2, 0.25) is 0 Å². The molecule has 0 radical (unpaired) electrons. The van der Waals surface area contributed by atoms with E-state index in [0.717, 1.165) is 13.1 Å². The number of nitrogens with zero attached hydrogens (tertiary/aromatic N) is 1. The molecule has 3 N–H and O–H groups in total. The van der Waals surface area contributed by atoms with Gasteiger partial charge in [0.15, 0.2) is 0 Å². The molecule has 21 heavy (non-hydrogen) atoms. The van der Waals surface area contributed by atoms with Gasteiger partial charge in [0.1, 0.15) is 0 Å². The number of rotatable bonds is 6. The Labute approximate surface area is 129 Å². The second-order valence-electron chi connectivity index (χ2n) is 6.40. The fourth-order valence-corrected chi connectivity index (χ4v) is 3.61. The lowest BCUT2D eigenvalue weighted by atomic mass is 9.73. The maximum atomic E-state index is 7.69. The number of hydrogen-bond donors (Lipinski definition) is 2. The first-order valence-electron chi connectivity index (χ1n) is 8.22. The maximum Gasteiger partial charge on any atom is 0.0924 e. The molecule has 3 nitrogen and oxygen atoms in total. The van der Waals surface area contributed by atoms with E-state index in [1.54, 1.807) is 0 Å². The molecule has 0 spiro atoms. The Morgan fingerprint density at radius 3 is 2.24 bits per heavy atom. The smallest absolute Gasteiger partial charge is 0.0924 e. The van der Waals surface area contributed by atoms with E-state index in [1.165, 1.54) is 31.2 Å². The summed E-state index contributed by atoms with van der Waals surface area (Å²) in [5.41, 5.74) is 7.52. The zero-order chi connectivity index (χ0) is 15.3. The summed E-state index contributed by atoms with van der Waals surface area (Å²) in [5, 5.41) is 7.69. The zero-order valence-corrected chi connectivity index (χ0v) is 13.4. The predicted octanol–water partition coefficient (Wildman–Crippen LogP) is 3.96. The summed E-state index contributed by atoms with van der Waals surface area (Å²) < 4.78 is 0. The Balaban J connectivity index is 2.11. The molecule has 1 unspecified atom stereocenters. The number of benzene rings is 1. The van der Waals surface area contributed by atoms with Gasteiger partial charge < -0.3 is 5.73 Å². The van der Waals surface area contributed by atoms with Gasteiger partial charge in [0.25, 0.3) is 0 Å². The number of amidine groups is 1. The van der Waals surface area contributed by atoms with Crippen molar-refractivity contribution in [3.05, 3.63) is 35.9 Å². The van der Waals surface area contributed by atoms with Crippen molar-refractivity contribution in [3.63, 3.8) is 0 Å². The average molecular weight is 287 g/mol. The van der Waals surface area contributed by atoms with Crippen LogP contribution in [0.5, 0.6) is 0 Å². The molecular weight excluding hydrogens is 258 g/mol. The fraction of sp³-hybridized carbons (Fsp3) is 0.611. The molecule has 0 aromatic heterocycles. The van der Waals surface area contributed by atoms with Gasteiger partial charge in [0.2, 0.25) is 0 Å². The van der Waals surface area contributed by atoms with Crippen molar-refractivity contribution >= 4 is 5.84 Å². The van der Waals surface area contributed by atoms with E-state index in [0.29, 0.717) is 11.8 Å². The van der Waals surface area contributed by atoms with Crippen molar-refractivity contribution in [3.8, 4) is 0 Å². The molecule has 1 heterocycles. The highest BCUT2D eigenvalue weighted by Gasteiger charge is 2.34. The lowest BCUT2D eigenvalue weighted by Crippen LogP contribution is -2.42. The lowest BCUT2D eigenvalue weighted by Gasteiger charge is -2.44. The van der Waals surface area contributed by atoms with Crippen LogP contribution in [0.25, 0.3) is 0 Å². The second kappa shape index (κ2) is 7.08.